The predicted octanol–water partition coefficient (Wildman–Crippen LogP) is 1.86. The Labute approximate surface area is 99.7 Å². The molecule has 0 radical (unpaired) electrons. The molecule has 0 atom stereocenters. The molecule has 92 valence electrons. The molecule has 2 N–H and O–H groups in total. The number of hydrogen-bond donors (Lipinski definition) is 2. The van der Waals surface area contributed by atoms with Crippen LogP contribution in [-0.2, 0) is 0 Å². The summed E-state index contributed by atoms with van der Waals surface area (Å²) in [5.74, 6) is -0.520. The molecule has 0 heterocycles. The molecule has 0 bridgehead atoms. The summed E-state index contributed by atoms with van der Waals surface area (Å²) in [5.41, 5.74) is 0.470. The highest BCUT2D eigenvalue weighted by Gasteiger charge is 2.21. The maximum Gasteiger partial charge on any atom is 0.251 e. The zero-order valence-corrected chi connectivity index (χ0v) is 9.53. The van der Waals surface area contributed by atoms with Gasteiger partial charge in [0.1, 0.15) is 5.82 Å². The highest BCUT2D eigenvalue weighted by Crippen LogP contribution is 2.18. The van der Waals surface area contributed by atoms with Crippen LogP contribution in [0.3, 0.4) is 0 Å². The Bertz CT molecular complexity index is 383. The lowest BCUT2D eigenvalue weighted by molar-refractivity contribution is 0.0867. The van der Waals surface area contributed by atoms with E-state index in [1.807, 2.05) is 0 Å². The Morgan fingerprint density at radius 1 is 1.18 bits per heavy atom. The highest BCUT2D eigenvalue weighted by molar-refractivity contribution is 5.94. The van der Waals surface area contributed by atoms with Gasteiger partial charge in [-0.2, -0.15) is 0 Å². The molecule has 1 aromatic rings. The maximum atomic E-state index is 12.7. The third-order valence-electron chi connectivity index (χ3n) is 3.14. The fourth-order valence-electron chi connectivity index (χ4n) is 2.09. The van der Waals surface area contributed by atoms with E-state index in [4.69, 9.17) is 0 Å². The fraction of sp³-hybridized carbons (Fsp3) is 0.462. The molecule has 0 saturated heterocycles. The summed E-state index contributed by atoms with van der Waals surface area (Å²) in [6, 6.07) is 5.62. The normalized spacial score (nSPS) is 24.4. The van der Waals surface area contributed by atoms with Crippen molar-refractivity contribution in [3.8, 4) is 0 Å². The van der Waals surface area contributed by atoms with E-state index in [1.165, 1.54) is 24.3 Å². The Kier molecular flexibility index (Phi) is 3.74. The molecule has 17 heavy (non-hydrogen) atoms. The van der Waals surface area contributed by atoms with Gasteiger partial charge in [0, 0.05) is 11.6 Å². The topological polar surface area (TPSA) is 49.3 Å². The zero-order valence-electron chi connectivity index (χ0n) is 9.53. The summed E-state index contributed by atoms with van der Waals surface area (Å²) < 4.78 is 12.7. The van der Waals surface area contributed by atoms with Gasteiger partial charge in [0.05, 0.1) is 6.10 Å². The third kappa shape index (κ3) is 3.27. The van der Waals surface area contributed by atoms with Crippen LogP contribution < -0.4 is 5.32 Å². The molecule has 0 aliphatic heterocycles. The first-order valence-corrected chi connectivity index (χ1v) is 5.89. The molecule has 4 heteroatoms. The summed E-state index contributed by atoms with van der Waals surface area (Å²) >= 11 is 0. The lowest BCUT2D eigenvalue weighted by Crippen LogP contribution is -2.38. The lowest BCUT2D eigenvalue weighted by atomic mass is 9.93. The van der Waals surface area contributed by atoms with E-state index < -0.39 is 0 Å². The molecule has 1 saturated carbocycles. The Morgan fingerprint density at radius 2 is 1.76 bits per heavy atom. The molecule has 3 nitrogen and oxygen atoms in total. The number of amides is 1. The van der Waals surface area contributed by atoms with E-state index in [2.05, 4.69) is 5.32 Å². The van der Waals surface area contributed by atoms with Gasteiger partial charge in [0.25, 0.3) is 5.91 Å². The van der Waals surface area contributed by atoms with Gasteiger partial charge >= 0.3 is 0 Å². The van der Waals surface area contributed by atoms with Gasteiger partial charge in [-0.3, -0.25) is 4.79 Å². The minimum Gasteiger partial charge on any atom is -0.393 e. The molecule has 1 aliphatic carbocycles. The number of benzene rings is 1. The summed E-state index contributed by atoms with van der Waals surface area (Å²) in [7, 11) is 0. The van der Waals surface area contributed by atoms with Crippen LogP contribution in [0.15, 0.2) is 24.3 Å². The van der Waals surface area contributed by atoms with Crippen molar-refractivity contribution in [2.45, 2.75) is 37.8 Å². The molecule has 1 aromatic carbocycles. The van der Waals surface area contributed by atoms with E-state index in [0.29, 0.717) is 5.56 Å². The van der Waals surface area contributed by atoms with Crippen LogP contribution in [0.1, 0.15) is 36.0 Å². The molecule has 0 unspecified atom stereocenters. The monoisotopic (exact) mass is 237 g/mol. The van der Waals surface area contributed by atoms with Gasteiger partial charge in [-0.15, -0.1) is 0 Å². The predicted molar refractivity (Wildman–Crippen MR) is 62.1 cm³/mol. The summed E-state index contributed by atoms with van der Waals surface area (Å²) in [6.07, 6.45) is 2.83. The first-order valence-electron chi connectivity index (χ1n) is 5.89. The molecular weight excluding hydrogens is 221 g/mol. The Balaban J connectivity index is 1.91. The number of hydrogen-bond acceptors (Lipinski definition) is 2. The smallest absolute Gasteiger partial charge is 0.251 e. The number of carbonyl (C=O) groups excluding carboxylic acids is 1. The van der Waals surface area contributed by atoms with Crippen LogP contribution in [0.2, 0.25) is 0 Å². The highest BCUT2D eigenvalue weighted by atomic mass is 19.1. The summed E-state index contributed by atoms with van der Waals surface area (Å²) in [5, 5.41) is 12.3. The minimum absolute atomic E-state index is 0.121. The average molecular weight is 237 g/mol. The van der Waals surface area contributed by atoms with Crippen LogP contribution in [0.4, 0.5) is 4.39 Å². The largest absolute Gasteiger partial charge is 0.393 e. The van der Waals surface area contributed by atoms with E-state index in [1.54, 1.807) is 0 Å². The second kappa shape index (κ2) is 5.27. The van der Waals surface area contributed by atoms with Gasteiger partial charge in [-0.05, 0) is 49.9 Å². The number of halogens is 1. The second-order valence-corrected chi connectivity index (χ2v) is 4.49. The molecule has 2 rings (SSSR count). The zero-order chi connectivity index (χ0) is 12.3. The van der Waals surface area contributed by atoms with Gasteiger partial charge in [0.2, 0.25) is 0 Å². The third-order valence-corrected chi connectivity index (χ3v) is 3.14. The van der Waals surface area contributed by atoms with E-state index >= 15 is 0 Å². The molecular formula is C13H16FNO2. The van der Waals surface area contributed by atoms with Crippen LogP contribution in [0, 0.1) is 5.82 Å². The first-order chi connectivity index (χ1) is 8.15. The van der Waals surface area contributed by atoms with Crippen LogP contribution in [-0.4, -0.2) is 23.2 Å². The number of aliphatic hydroxyl groups is 1. The Morgan fingerprint density at radius 3 is 2.35 bits per heavy atom. The van der Waals surface area contributed by atoms with Gasteiger partial charge in [-0.1, -0.05) is 0 Å². The van der Waals surface area contributed by atoms with Crippen molar-refractivity contribution in [3.05, 3.63) is 35.6 Å². The van der Waals surface area contributed by atoms with Crippen molar-refractivity contribution in [2.24, 2.45) is 0 Å². The van der Waals surface area contributed by atoms with Crippen LogP contribution in [0.5, 0.6) is 0 Å². The SMILES string of the molecule is O=C(NC1CCC(O)CC1)c1ccc(F)cc1. The second-order valence-electron chi connectivity index (χ2n) is 4.49. The van der Waals surface area contributed by atoms with Crippen molar-refractivity contribution in [1.29, 1.82) is 0 Å². The summed E-state index contributed by atoms with van der Waals surface area (Å²) in [6.45, 7) is 0. The number of nitrogens with one attached hydrogen (secondary N) is 1. The first kappa shape index (κ1) is 12.0. The molecule has 0 aromatic heterocycles. The van der Waals surface area contributed by atoms with E-state index in [-0.39, 0.29) is 23.9 Å². The summed E-state index contributed by atoms with van der Waals surface area (Å²) in [4.78, 5) is 11.8. The van der Waals surface area contributed by atoms with Gasteiger partial charge < -0.3 is 10.4 Å². The molecule has 0 spiro atoms. The molecule has 1 aliphatic rings. The average Bonchev–Trinajstić information content (AvgIpc) is 2.33. The molecule has 1 amide bonds. The minimum atomic E-state index is -0.345. The van der Waals surface area contributed by atoms with Crippen molar-refractivity contribution in [3.63, 3.8) is 0 Å². The standard InChI is InChI=1S/C13H16FNO2/c14-10-3-1-9(2-4-10)13(17)15-11-5-7-12(16)8-6-11/h1-4,11-12,16H,5-8H2,(H,15,17). The molecule has 1 fully saturated rings. The van der Waals surface area contributed by atoms with Crippen molar-refractivity contribution in [2.75, 3.05) is 0 Å². The van der Waals surface area contributed by atoms with E-state index in [0.717, 1.165) is 25.7 Å². The van der Waals surface area contributed by atoms with Crippen molar-refractivity contribution in [1.82, 2.24) is 5.32 Å². The van der Waals surface area contributed by atoms with Crippen LogP contribution >= 0.6 is 0 Å². The van der Waals surface area contributed by atoms with Gasteiger partial charge in [0.15, 0.2) is 0 Å². The number of aliphatic hydroxyl groups excluding tert-OH is 1. The van der Waals surface area contributed by atoms with Crippen LogP contribution in [0.25, 0.3) is 0 Å². The fourth-order valence-corrected chi connectivity index (χ4v) is 2.09. The Hall–Kier alpha value is -1.42. The van der Waals surface area contributed by atoms with Crippen molar-refractivity contribution < 1.29 is 14.3 Å². The number of carbonyl (C=O) groups is 1. The van der Waals surface area contributed by atoms with Gasteiger partial charge in [-0.25, -0.2) is 4.39 Å². The van der Waals surface area contributed by atoms with Crippen molar-refractivity contribution >= 4 is 5.91 Å². The van der Waals surface area contributed by atoms with E-state index in [9.17, 15) is 14.3 Å². The lowest BCUT2D eigenvalue weighted by Gasteiger charge is -2.26. The number of rotatable bonds is 2. The quantitative estimate of drug-likeness (QED) is 0.824. The maximum absolute atomic E-state index is 12.7.